The number of nitrogens with zero attached hydrogens (tertiary/aromatic N) is 1. The molecule has 1 saturated carbocycles. The van der Waals surface area contributed by atoms with E-state index in [1.807, 2.05) is 35.0 Å². The highest BCUT2D eigenvalue weighted by Gasteiger charge is 2.19. The van der Waals surface area contributed by atoms with Crippen LogP contribution in [0.1, 0.15) is 37.3 Å². The summed E-state index contributed by atoms with van der Waals surface area (Å²) in [4.78, 5) is 12.4. The molecule has 88 valence electrons. The van der Waals surface area contributed by atoms with Crippen LogP contribution in [0, 0.1) is 6.92 Å². The third-order valence-corrected chi connectivity index (χ3v) is 3.87. The number of aryl methyl sites for hydroxylation is 1. The molecule has 1 fully saturated rings. The first-order valence-corrected chi connectivity index (χ1v) is 6.38. The van der Waals surface area contributed by atoms with Crippen LogP contribution in [0.25, 0.3) is 10.8 Å². The van der Waals surface area contributed by atoms with E-state index in [2.05, 4.69) is 6.92 Å². The minimum atomic E-state index is 0.179. The molecule has 3 rings (SSSR count). The van der Waals surface area contributed by atoms with Crippen LogP contribution in [0.4, 0.5) is 0 Å². The first-order valence-electron chi connectivity index (χ1n) is 6.38. The van der Waals surface area contributed by atoms with Crippen molar-refractivity contribution >= 4 is 10.8 Å². The third-order valence-electron chi connectivity index (χ3n) is 3.87. The number of pyridine rings is 1. The molecule has 0 unspecified atom stereocenters. The Kier molecular flexibility index (Phi) is 2.50. The molecule has 1 heterocycles. The van der Waals surface area contributed by atoms with Crippen molar-refractivity contribution in [3.63, 3.8) is 0 Å². The second-order valence-corrected chi connectivity index (χ2v) is 5.01. The fraction of sp³-hybridized carbons (Fsp3) is 0.400. The average molecular weight is 227 g/mol. The van der Waals surface area contributed by atoms with Gasteiger partial charge in [-0.3, -0.25) is 4.79 Å². The van der Waals surface area contributed by atoms with E-state index in [0.29, 0.717) is 6.04 Å². The van der Waals surface area contributed by atoms with E-state index in [9.17, 15) is 4.79 Å². The maximum Gasteiger partial charge on any atom is 0.258 e. The van der Waals surface area contributed by atoms with E-state index in [1.165, 1.54) is 18.4 Å². The average Bonchev–Trinajstić information content (AvgIpc) is 2.87. The Morgan fingerprint density at radius 3 is 2.47 bits per heavy atom. The molecular formula is C15H17NO. The fourth-order valence-electron chi connectivity index (χ4n) is 2.94. The van der Waals surface area contributed by atoms with E-state index in [1.54, 1.807) is 0 Å². The Balaban J connectivity index is 2.26. The Hall–Kier alpha value is -1.57. The zero-order chi connectivity index (χ0) is 11.8. The SMILES string of the molecule is Cc1cn(C2CCCC2)c(=O)c2ccccc12. The van der Waals surface area contributed by atoms with Crippen LogP contribution in [-0.2, 0) is 0 Å². The second kappa shape index (κ2) is 4.02. The van der Waals surface area contributed by atoms with Gasteiger partial charge in [0.1, 0.15) is 0 Å². The van der Waals surface area contributed by atoms with Gasteiger partial charge >= 0.3 is 0 Å². The van der Waals surface area contributed by atoms with Crippen LogP contribution < -0.4 is 5.56 Å². The smallest absolute Gasteiger partial charge is 0.258 e. The molecule has 1 aliphatic carbocycles. The zero-order valence-electron chi connectivity index (χ0n) is 10.1. The number of hydrogen-bond acceptors (Lipinski definition) is 1. The van der Waals surface area contributed by atoms with Gasteiger partial charge in [0, 0.05) is 17.6 Å². The Morgan fingerprint density at radius 2 is 1.76 bits per heavy atom. The molecule has 1 aliphatic rings. The maximum atomic E-state index is 12.4. The molecule has 0 saturated heterocycles. The van der Waals surface area contributed by atoms with Crippen LogP contribution in [-0.4, -0.2) is 4.57 Å². The Bertz CT molecular complexity index is 606. The van der Waals surface area contributed by atoms with Crippen LogP contribution in [0.2, 0.25) is 0 Å². The van der Waals surface area contributed by atoms with Gasteiger partial charge in [0.25, 0.3) is 5.56 Å². The van der Waals surface area contributed by atoms with Crippen LogP contribution in [0.15, 0.2) is 35.3 Å². The number of aromatic nitrogens is 1. The molecule has 0 aliphatic heterocycles. The normalized spacial score (nSPS) is 16.8. The molecule has 1 aromatic carbocycles. The molecule has 17 heavy (non-hydrogen) atoms. The number of rotatable bonds is 1. The zero-order valence-corrected chi connectivity index (χ0v) is 10.1. The summed E-state index contributed by atoms with van der Waals surface area (Å²) in [5, 5.41) is 1.95. The van der Waals surface area contributed by atoms with Crippen LogP contribution >= 0.6 is 0 Å². The van der Waals surface area contributed by atoms with Crippen molar-refractivity contribution < 1.29 is 0 Å². The summed E-state index contributed by atoms with van der Waals surface area (Å²) in [6.07, 6.45) is 6.85. The lowest BCUT2D eigenvalue weighted by molar-refractivity contribution is 0.504. The van der Waals surface area contributed by atoms with Crippen molar-refractivity contribution in [3.8, 4) is 0 Å². The van der Waals surface area contributed by atoms with E-state index in [0.717, 1.165) is 23.6 Å². The topological polar surface area (TPSA) is 22.0 Å². The van der Waals surface area contributed by atoms with Gasteiger partial charge in [-0.25, -0.2) is 0 Å². The fourth-order valence-corrected chi connectivity index (χ4v) is 2.94. The standard InChI is InChI=1S/C15H17NO/c1-11-10-16(12-6-2-3-7-12)15(17)14-9-5-4-8-13(11)14/h4-5,8-10,12H,2-3,6-7H2,1H3. The summed E-state index contributed by atoms with van der Waals surface area (Å²) in [7, 11) is 0. The van der Waals surface area contributed by atoms with Crippen LogP contribution in [0.5, 0.6) is 0 Å². The van der Waals surface area contributed by atoms with Crippen molar-refractivity contribution in [1.29, 1.82) is 0 Å². The lowest BCUT2D eigenvalue weighted by Crippen LogP contribution is -2.23. The van der Waals surface area contributed by atoms with Gasteiger partial charge in [-0.15, -0.1) is 0 Å². The molecule has 0 N–H and O–H groups in total. The molecule has 0 amide bonds. The highest BCUT2D eigenvalue weighted by Crippen LogP contribution is 2.29. The molecule has 2 heteroatoms. The van der Waals surface area contributed by atoms with E-state index in [4.69, 9.17) is 0 Å². The maximum absolute atomic E-state index is 12.4. The van der Waals surface area contributed by atoms with Crippen LogP contribution in [0.3, 0.4) is 0 Å². The minimum Gasteiger partial charge on any atom is -0.312 e. The molecule has 0 radical (unpaired) electrons. The van der Waals surface area contributed by atoms with Gasteiger partial charge < -0.3 is 4.57 Å². The summed E-state index contributed by atoms with van der Waals surface area (Å²) in [6.45, 7) is 2.09. The van der Waals surface area contributed by atoms with Crippen molar-refractivity contribution in [3.05, 3.63) is 46.4 Å². The summed E-state index contributed by atoms with van der Waals surface area (Å²) in [6, 6.07) is 8.34. The van der Waals surface area contributed by atoms with Gasteiger partial charge in [-0.1, -0.05) is 31.0 Å². The van der Waals surface area contributed by atoms with Crippen molar-refractivity contribution in [2.45, 2.75) is 38.6 Å². The lowest BCUT2D eigenvalue weighted by atomic mass is 10.1. The summed E-state index contributed by atoms with van der Waals surface area (Å²) < 4.78 is 1.96. The number of hydrogen-bond donors (Lipinski definition) is 0. The Labute approximate surface area is 101 Å². The van der Waals surface area contributed by atoms with Gasteiger partial charge in [-0.2, -0.15) is 0 Å². The Morgan fingerprint density at radius 1 is 1.12 bits per heavy atom. The molecule has 0 bridgehead atoms. The third kappa shape index (κ3) is 1.68. The first-order chi connectivity index (χ1) is 8.27. The number of fused-ring (bicyclic) bond motifs is 1. The van der Waals surface area contributed by atoms with Crippen molar-refractivity contribution in [2.75, 3.05) is 0 Å². The van der Waals surface area contributed by atoms with Gasteiger partial charge in [0.15, 0.2) is 0 Å². The second-order valence-electron chi connectivity index (χ2n) is 5.01. The summed E-state index contributed by atoms with van der Waals surface area (Å²) in [5.74, 6) is 0. The van der Waals surface area contributed by atoms with E-state index < -0.39 is 0 Å². The summed E-state index contributed by atoms with van der Waals surface area (Å²) >= 11 is 0. The molecule has 2 nitrogen and oxygen atoms in total. The van der Waals surface area contributed by atoms with Gasteiger partial charge in [0.05, 0.1) is 0 Å². The predicted molar refractivity (Wildman–Crippen MR) is 70.5 cm³/mol. The highest BCUT2D eigenvalue weighted by atomic mass is 16.1. The predicted octanol–water partition coefficient (Wildman–Crippen LogP) is 3.43. The van der Waals surface area contributed by atoms with E-state index in [-0.39, 0.29) is 5.56 Å². The monoisotopic (exact) mass is 227 g/mol. The lowest BCUT2D eigenvalue weighted by Gasteiger charge is -2.15. The van der Waals surface area contributed by atoms with Crippen molar-refractivity contribution in [2.24, 2.45) is 0 Å². The minimum absolute atomic E-state index is 0.179. The molecule has 2 aromatic rings. The largest absolute Gasteiger partial charge is 0.312 e. The number of benzene rings is 1. The molecular weight excluding hydrogens is 210 g/mol. The first kappa shape index (κ1) is 10.6. The molecule has 0 spiro atoms. The quantitative estimate of drug-likeness (QED) is 0.731. The van der Waals surface area contributed by atoms with Gasteiger partial charge in [0.2, 0.25) is 0 Å². The molecule has 1 aromatic heterocycles. The molecule has 0 atom stereocenters. The van der Waals surface area contributed by atoms with Gasteiger partial charge in [-0.05, 0) is 36.8 Å². The van der Waals surface area contributed by atoms with E-state index >= 15 is 0 Å². The van der Waals surface area contributed by atoms with Crippen molar-refractivity contribution in [1.82, 2.24) is 4.57 Å². The summed E-state index contributed by atoms with van der Waals surface area (Å²) in [5.41, 5.74) is 1.38. The highest BCUT2D eigenvalue weighted by molar-refractivity contribution is 5.84.